The third-order valence-corrected chi connectivity index (χ3v) is 11.0. The summed E-state index contributed by atoms with van der Waals surface area (Å²) >= 11 is 0. The zero-order chi connectivity index (χ0) is 20.8. The molecule has 4 heteroatoms. The van der Waals surface area contributed by atoms with E-state index in [9.17, 15) is 15.0 Å². The summed E-state index contributed by atoms with van der Waals surface area (Å²) in [5, 5.41) is 20.8. The Kier molecular flexibility index (Phi) is 4.10. The van der Waals surface area contributed by atoms with Gasteiger partial charge >= 0.3 is 5.97 Å². The van der Waals surface area contributed by atoms with E-state index in [4.69, 9.17) is 5.73 Å². The van der Waals surface area contributed by atoms with Crippen molar-refractivity contribution in [1.29, 1.82) is 0 Å². The molecule has 4 nitrogen and oxygen atoms in total. The molecule has 0 spiro atoms. The van der Waals surface area contributed by atoms with Crippen molar-refractivity contribution in [2.45, 2.75) is 96.6 Å². The smallest absolute Gasteiger partial charge is 0.307 e. The van der Waals surface area contributed by atoms with Gasteiger partial charge in [0, 0.05) is 5.54 Å². The van der Waals surface area contributed by atoms with Crippen molar-refractivity contribution in [3.05, 3.63) is 12.7 Å². The van der Waals surface area contributed by atoms with Crippen LogP contribution in [0.25, 0.3) is 0 Å². The number of hydrogen-bond donors (Lipinski definition) is 3. The standard InChI is InChI=1S/C24H39NO3/c1-6-23-10-8-17-21(4)9-7-16(18(26)27)20(21,3)12-14-24(17,25)22(23,5)13-11-19(2,28)15-23/h6,16-17,28H,1,7-15,25H2,2-5H3,(H,26,27)/t16-,17+,19-,20-,21+,22?,23+,24-/m1/s1. The highest BCUT2D eigenvalue weighted by atomic mass is 16.4. The fourth-order valence-corrected chi connectivity index (χ4v) is 8.91. The molecule has 4 N–H and O–H groups in total. The van der Waals surface area contributed by atoms with E-state index in [1.54, 1.807) is 0 Å². The van der Waals surface area contributed by atoms with Gasteiger partial charge in [-0.05, 0) is 92.3 Å². The molecule has 0 aromatic carbocycles. The SMILES string of the molecule is C=C[C@@]12CC[C@@H]3[C@](N)(CC[C@]4(C)[C@@H](C(=O)O)CC[C@@]34C)C1(C)CC[C@@](C)(O)C2. The van der Waals surface area contributed by atoms with E-state index in [0.29, 0.717) is 5.92 Å². The molecule has 0 aromatic heterocycles. The highest BCUT2D eigenvalue weighted by Crippen LogP contribution is 2.76. The van der Waals surface area contributed by atoms with Crippen LogP contribution >= 0.6 is 0 Å². The van der Waals surface area contributed by atoms with Crippen LogP contribution < -0.4 is 5.73 Å². The zero-order valence-electron chi connectivity index (χ0n) is 18.2. The van der Waals surface area contributed by atoms with Crippen molar-refractivity contribution in [3.63, 3.8) is 0 Å². The number of nitrogens with two attached hydrogens (primary N) is 1. The van der Waals surface area contributed by atoms with E-state index >= 15 is 0 Å². The third-order valence-electron chi connectivity index (χ3n) is 11.0. The number of hydrogen-bond acceptors (Lipinski definition) is 3. The van der Waals surface area contributed by atoms with E-state index < -0.39 is 11.6 Å². The fraction of sp³-hybridized carbons (Fsp3) is 0.875. The number of aliphatic carboxylic acids is 1. The number of allylic oxidation sites excluding steroid dienone is 1. The van der Waals surface area contributed by atoms with Crippen molar-refractivity contribution in [1.82, 2.24) is 0 Å². The second kappa shape index (κ2) is 5.63. The summed E-state index contributed by atoms with van der Waals surface area (Å²) in [6.45, 7) is 13.1. The average Bonchev–Trinajstić information content (AvgIpc) is 2.88. The number of aliphatic hydroxyl groups is 1. The van der Waals surface area contributed by atoms with Crippen LogP contribution in [0.3, 0.4) is 0 Å². The van der Waals surface area contributed by atoms with Crippen LogP contribution in [0.4, 0.5) is 0 Å². The molecule has 4 saturated carbocycles. The first-order valence-electron chi connectivity index (χ1n) is 11.2. The Morgan fingerprint density at radius 2 is 1.68 bits per heavy atom. The van der Waals surface area contributed by atoms with Gasteiger partial charge in [0.25, 0.3) is 0 Å². The van der Waals surface area contributed by atoms with Crippen molar-refractivity contribution in [2.24, 2.45) is 39.2 Å². The second-order valence-electron chi connectivity index (χ2n) is 11.8. The zero-order valence-corrected chi connectivity index (χ0v) is 18.2. The minimum absolute atomic E-state index is 0.0423. The molecule has 4 rings (SSSR count). The summed E-state index contributed by atoms with van der Waals surface area (Å²) in [4.78, 5) is 12.0. The molecule has 0 amide bonds. The van der Waals surface area contributed by atoms with Crippen molar-refractivity contribution in [2.75, 3.05) is 0 Å². The van der Waals surface area contributed by atoms with Gasteiger partial charge in [-0.25, -0.2) is 0 Å². The maximum absolute atomic E-state index is 12.0. The Morgan fingerprint density at radius 1 is 1.00 bits per heavy atom. The molecule has 28 heavy (non-hydrogen) atoms. The highest BCUT2D eigenvalue weighted by molar-refractivity contribution is 5.72. The van der Waals surface area contributed by atoms with E-state index in [1.165, 1.54) is 0 Å². The summed E-state index contributed by atoms with van der Waals surface area (Å²) in [7, 11) is 0. The van der Waals surface area contributed by atoms with Gasteiger partial charge < -0.3 is 15.9 Å². The van der Waals surface area contributed by atoms with Gasteiger partial charge in [0.2, 0.25) is 0 Å². The van der Waals surface area contributed by atoms with Gasteiger partial charge in [-0.3, -0.25) is 4.79 Å². The molecule has 4 aliphatic rings. The Bertz CT molecular complexity index is 719. The van der Waals surface area contributed by atoms with Crippen LogP contribution in [0.2, 0.25) is 0 Å². The van der Waals surface area contributed by atoms with Gasteiger partial charge in [-0.2, -0.15) is 0 Å². The highest BCUT2D eigenvalue weighted by Gasteiger charge is 2.73. The summed E-state index contributed by atoms with van der Waals surface area (Å²) in [5.41, 5.74) is 5.97. The first-order chi connectivity index (χ1) is 12.8. The summed E-state index contributed by atoms with van der Waals surface area (Å²) in [6, 6.07) is 0. The molecule has 158 valence electrons. The lowest BCUT2D eigenvalue weighted by Gasteiger charge is -2.72. The number of rotatable bonds is 2. The topological polar surface area (TPSA) is 83.6 Å². The molecule has 0 heterocycles. The van der Waals surface area contributed by atoms with Crippen LogP contribution in [0, 0.1) is 33.5 Å². The van der Waals surface area contributed by atoms with Gasteiger partial charge in [-0.15, -0.1) is 6.58 Å². The van der Waals surface area contributed by atoms with Gasteiger partial charge in [-0.1, -0.05) is 26.8 Å². The molecule has 0 radical (unpaired) electrons. The van der Waals surface area contributed by atoms with E-state index in [2.05, 4.69) is 33.4 Å². The second-order valence-corrected chi connectivity index (χ2v) is 11.8. The minimum atomic E-state index is -0.661. The van der Waals surface area contributed by atoms with Gasteiger partial charge in [0.15, 0.2) is 0 Å². The molecular weight excluding hydrogens is 350 g/mol. The van der Waals surface area contributed by atoms with Crippen LogP contribution in [-0.2, 0) is 4.79 Å². The molecule has 0 aliphatic heterocycles. The Hall–Kier alpha value is -0.870. The number of carboxylic acid groups (broad SMARTS) is 1. The monoisotopic (exact) mass is 389 g/mol. The lowest BCUT2D eigenvalue weighted by atomic mass is 9.34. The normalized spacial score (nSPS) is 58.4. The Labute approximate surface area is 170 Å². The largest absolute Gasteiger partial charge is 0.481 e. The molecule has 4 fully saturated rings. The summed E-state index contributed by atoms with van der Waals surface area (Å²) in [5.74, 6) is -0.566. The molecule has 0 aromatic rings. The summed E-state index contributed by atoms with van der Waals surface area (Å²) in [6.07, 6.45) is 10.0. The lowest BCUT2D eigenvalue weighted by Crippen LogP contribution is -2.75. The molecular formula is C24H39NO3. The number of carboxylic acids is 1. The van der Waals surface area contributed by atoms with Crippen molar-refractivity contribution in [3.8, 4) is 0 Å². The van der Waals surface area contributed by atoms with Gasteiger partial charge in [0.1, 0.15) is 0 Å². The maximum Gasteiger partial charge on any atom is 0.307 e. The molecule has 1 unspecified atom stereocenters. The molecule has 0 saturated heterocycles. The fourth-order valence-electron chi connectivity index (χ4n) is 8.91. The van der Waals surface area contributed by atoms with Crippen LogP contribution in [0.5, 0.6) is 0 Å². The quantitative estimate of drug-likeness (QED) is 0.607. The van der Waals surface area contributed by atoms with E-state index in [-0.39, 0.29) is 33.1 Å². The third kappa shape index (κ3) is 2.12. The number of carbonyl (C=O) groups is 1. The van der Waals surface area contributed by atoms with Crippen molar-refractivity contribution < 1.29 is 15.0 Å². The molecule has 4 aliphatic carbocycles. The predicted octanol–water partition coefficient (Wildman–Crippen LogP) is 4.51. The predicted molar refractivity (Wildman–Crippen MR) is 111 cm³/mol. The lowest BCUT2D eigenvalue weighted by molar-refractivity contribution is -0.212. The van der Waals surface area contributed by atoms with E-state index in [1.807, 2.05) is 6.92 Å². The number of fused-ring (bicyclic) bond motifs is 5. The molecule has 0 bridgehead atoms. The Balaban J connectivity index is 1.80. The first-order valence-corrected chi connectivity index (χ1v) is 11.2. The molecule has 8 atom stereocenters. The Morgan fingerprint density at radius 3 is 2.29 bits per heavy atom. The summed E-state index contributed by atoms with van der Waals surface area (Å²) < 4.78 is 0. The average molecular weight is 390 g/mol. The van der Waals surface area contributed by atoms with Crippen LogP contribution in [0.15, 0.2) is 12.7 Å². The minimum Gasteiger partial charge on any atom is -0.481 e. The van der Waals surface area contributed by atoms with Crippen molar-refractivity contribution >= 4 is 5.97 Å². The van der Waals surface area contributed by atoms with Crippen LogP contribution in [-0.4, -0.2) is 27.3 Å². The maximum atomic E-state index is 12.0. The van der Waals surface area contributed by atoms with Crippen LogP contribution in [0.1, 0.15) is 85.5 Å². The first kappa shape index (κ1) is 20.4. The van der Waals surface area contributed by atoms with E-state index in [0.717, 1.165) is 57.8 Å². The van der Waals surface area contributed by atoms with Gasteiger partial charge in [0.05, 0.1) is 11.5 Å².